The Labute approximate surface area is 117 Å². The molecule has 2 heterocycles. The highest BCUT2D eigenvalue weighted by Gasteiger charge is 2.25. The molecule has 0 amide bonds. The second-order valence-electron chi connectivity index (χ2n) is 4.81. The monoisotopic (exact) mass is 296 g/mol. The fourth-order valence-electron chi connectivity index (χ4n) is 1.68. The summed E-state index contributed by atoms with van der Waals surface area (Å²) in [5.41, 5.74) is 0.712. The van der Waals surface area contributed by atoms with Crippen molar-refractivity contribution in [1.29, 1.82) is 0 Å². The number of hydrogen-bond donors (Lipinski definition) is 1. The van der Waals surface area contributed by atoms with Crippen molar-refractivity contribution >= 4 is 10.0 Å². The first-order valence-corrected chi connectivity index (χ1v) is 7.97. The lowest BCUT2D eigenvalue weighted by molar-refractivity contribution is 0.311. The summed E-state index contributed by atoms with van der Waals surface area (Å²) in [4.78, 5) is 8.22. The first kappa shape index (κ1) is 14.6. The van der Waals surface area contributed by atoms with E-state index in [4.69, 9.17) is 4.52 Å². The summed E-state index contributed by atoms with van der Waals surface area (Å²) in [6, 6.07) is 3.01. The second-order valence-corrected chi connectivity index (χ2v) is 6.59. The molecule has 8 heteroatoms. The summed E-state index contributed by atoms with van der Waals surface area (Å²) >= 11 is 0. The molecule has 0 aliphatic rings. The van der Waals surface area contributed by atoms with Gasteiger partial charge in [-0.1, -0.05) is 19.0 Å². The Hall–Kier alpha value is -1.80. The first-order valence-electron chi connectivity index (χ1n) is 6.08. The highest BCUT2D eigenvalue weighted by atomic mass is 32.2. The lowest BCUT2D eigenvalue weighted by atomic mass is 10.1. The SMILES string of the molecule is CC(C)C(NS(C)(=O)=O)c1nc(-c2cccnc2)no1. The van der Waals surface area contributed by atoms with Gasteiger partial charge in [-0.05, 0) is 18.1 Å². The lowest BCUT2D eigenvalue weighted by Gasteiger charge is -2.16. The summed E-state index contributed by atoms with van der Waals surface area (Å²) < 4.78 is 30.4. The standard InChI is InChI=1S/C12H16N4O3S/c1-8(2)10(16-20(3,17)18)12-14-11(15-19-12)9-5-4-6-13-7-9/h4-8,10,16H,1-3H3. The minimum atomic E-state index is -3.36. The van der Waals surface area contributed by atoms with Crippen molar-refractivity contribution in [3.05, 3.63) is 30.4 Å². The molecule has 108 valence electrons. The van der Waals surface area contributed by atoms with Crippen LogP contribution in [0.2, 0.25) is 0 Å². The molecule has 0 radical (unpaired) electrons. The minimum Gasteiger partial charge on any atom is -0.337 e. The molecule has 1 atom stereocenters. The van der Waals surface area contributed by atoms with Crippen LogP contribution in [-0.4, -0.2) is 29.8 Å². The van der Waals surface area contributed by atoms with Gasteiger partial charge in [-0.25, -0.2) is 13.1 Å². The number of rotatable bonds is 5. The van der Waals surface area contributed by atoms with Crippen LogP contribution in [0.5, 0.6) is 0 Å². The number of nitrogens with one attached hydrogen (secondary N) is 1. The van der Waals surface area contributed by atoms with Gasteiger partial charge < -0.3 is 4.52 Å². The molecular weight excluding hydrogens is 280 g/mol. The topological polar surface area (TPSA) is 98.0 Å². The van der Waals surface area contributed by atoms with Crippen molar-refractivity contribution < 1.29 is 12.9 Å². The van der Waals surface area contributed by atoms with Crippen LogP contribution < -0.4 is 4.72 Å². The van der Waals surface area contributed by atoms with Crippen molar-refractivity contribution in [1.82, 2.24) is 19.8 Å². The lowest BCUT2D eigenvalue weighted by Crippen LogP contribution is -2.31. The minimum absolute atomic E-state index is 0.0214. The number of nitrogens with zero attached hydrogens (tertiary/aromatic N) is 3. The zero-order valence-corrected chi connectivity index (χ0v) is 12.3. The summed E-state index contributed by atoms with van der Waals surface area (Å²) in [5, 5.41) is 3.86. The first-order chi connectivity index (χ1) is 9.37. The van der Waals surface area contributed by atoms with Gasteiger partial charge in [0.15, 0.2) is 0 Å². The fourth-order valence-corrected chi connectivity index (χ4v) is 2.51. The molecule has 0 aromatic carbocycles. The molecule has 0 bridgehead atoms. The molecule has 2 aromatic rings. The van der Waals surface area contributed by atoms with Gasteiger partial charge >= 0.3 is 0 Å². The van der Waals surface area contributed by atoms with Gasteiger partial charge in [-0.3, -0.25) is 4.98 Å². The molecule has 0 aliphatic heterocycles. The fraction of sp³-hybridized carbons (Fsp3) is 0.417. The number of pyridine rings is 1. The molecule has 2 aromatic heterocycles. The maximum absolute atomic E-state index is 11.4. The van der Waals surface area contributed by atoms with Crippen LogP contribution in [0.3, 0.4) is 0 Å². The normalized spacial score (nSPS) is 13.6. The molecule has 1 N–H and O–H groups in total. The molecule has 0 saturated carbocycles. The average Bonchev–Trinajstić information content (AvgIpc) is 2.85. The van der Waals surface area contributed by atoms with E-state index >= 15 is 0 Å². The van der Waals surface area contributed by atoms with Crippen LogP contribution in [0.1, 0.15) is 25.8 Å². The van der Waals surface area contributed by atoms with Crippen molar-refractivity contribution in [2.45, 2.75) is 19.9 Å². The quantitative estimate of drug-likeness (QED) is 0.895. The second kappa shape index (κ2) is 5.68. The van der Waals surface area contributed by atoms with E-state index in [1.165, 1.54) is 0 Å². The molecule has 20 heavy (non-hydrogen) atoms. The van der Waals surface area contributed by atoms with Gasteiger partial charge in [0, 0.05) is 18.0 Å². The molecule has 0 spiro atoms. The van der Waals surface area contributed by atoms with E-state index in [1.807, 2.05) is 13.8 Å². The Morgan fingerprint density at radius 1 is 1.35 bits per heavy atom. The maximum atomic E-state index is 11.4. The summed E-state index contributed by atoms with van der Waals surface area (Å²) in [7, 11) is -3.36. The van der Waals surface area contributed by atoms with Crippen LogP contribution in [0.25, 0.3) is 11.4 Å². The van der Waals surface area contributed by atoms with Crippen LogP contribution in [0.4, 0.5) is 0 Å². The molecular formula is C12H16N4O3S. The zero-order chi connectivity index (χ0) is 14.8. The summed E-state index contributed by atoms with van der Waals surface area (Å²) in [5.74, 6) is 0.602. The number of sulfonamides is 1. The maximum Gasteiger partial charge on any atom is 0.245 e. The Morgan fingerprint density at radius 2 is 2.10 bits per heavy atom. The van der Waals surface area contributed by atoms with E-state index in [0.717, 1.165) is 6.26 Å². The van der Waals surface area contributed by atoms with E-state index in [9.17, 15) is 8.42 Å². The van der Waals surface area contributed by atoms with E-state index in [0.29, 0.717) is 11.4 Å². The van der Waals surface area contributed by atoms with E-state index in [1.54, 1.807) is 24.5 Å². The van der Waals surface area contributed by atoms with Gasteiger partial charge in [0.1, 0.15) is 6.04 Å². The third-order valence-electron chi connectivity index (χ3n) is 2.64. The summed E-state index contributed by atoms with van der Waals surface area (Å²) in [6.07, 6.45) is 4.36. The van der Waals surface area contributed by atoms with Crippen molar-refractivity contribution in [3.63, 3.8) is 0 Å². The zero-order valence-electron chi connectivity index (χ0n) is 11.4. The number of aromatic nitrogens is 3. The summed E-state index contributed by atoms with van der Waals surface area (Å²) in [6.45, 7) is 3.74. The third-order valence-corrected chi connectivity index (χ3v) is 3.32. The Kier molecular flexibility index (Phi) is 4.15. The van der Waals surface area contributed by atoms with E-state index in [-0.39, 0.29) is 11.8 Å². The van der Waals surface area contributed by atoms with Crippen LogP contribution in [0.15, 0.2) is 29.0 Å². The molecule has 0 fully saturated rings. The molecule has 2 rings (SSSR count). The highest BCUT2D eigenvalue weighted by Crippen LogP contribution is 2.23. The average molecular weight is 296 g/mol. The van der Waals surface area contributed by atoms with E-state index < -0.39 is 16.1 Å². The molecule has 0 aliphatic carbocycles. The molecule has 7 nitrogen and oxygen atoms in total. The van der Waals surface area contributed by atoms with Crippen molar-refractivity contribution in [2.75, 3.05) is 6.26 Å². The van der Waals surface area contributed by atoms with Crippen LogP contribution in [-0.2, 0) is 10.0 Å². The van der Waals surface area contributed by atoms with Gasteiger partial charge in [0.05, 0.1) is 6.26 Å². The van der Waals surface area contributed by atoms with Crippen molar-refractivity contribution in [3.8, 4) is 11.4 Å². The van der Waals surface area contributed by atoms with Crippen molar-refractivity contribution in [2.24, 2.45) is 5.92 Å². The predicted octanol–water partition coefficient (Wildman–Crippen LogP) is 1.38. The van der Waals surface area contributed by atoms with Gasteiger partial charge in [-0.15, -0.1) is 0 Å². The van der Waals surface area contributed by atoms with Gasteiger partial charge in [0.25, 0.3) is 0 Å². The van der Waals surface area contributed by atoms with Crippen LogP contribution >= 0.6 is 0 Å². The Bertz CT molecular complexity index is 667. The largest absolute Gasteiger partial charge is 0.337 e. The molecule has 0 saturated heterocycles. The Morgan fingerprint density at radius 3 is 2.65 bits per heavy atom. The third kappa shape index (κ3) is 3.61. The highest BCUT2D eigenvalue weighted by molar-refractivity contribution is 7.88. The van der Waals surface area contributed by atoms with Gasteiger partial charge in [-0.2, -0.15) is 4.98 Å². The van der Waals surface area contributed by atoms with Crippen LogP contribution in [0, 0.1) is 5.92 Å². The number of hydrogen-bond acceptors (Lipinski definition) is 6. The van der Waals surface area contributed by atoms with Gasteiger partial charge in [0.2, 0.25) is 21.7 Å². The predicted molar refractivity (Wildman–Crippen MR) is 73.1 cm³/mol. The smallest absolute Gasteiger partial charge is 0.245 e. The van der Waals surface area contributed by atoms with E-state index in [2.05, 4.69) is 19.8 Å². The molecule has 1 unspecified atom stereocenters. The Balaban J connectivity index is 2.30.